The molecule has 0 atom stereocenters. The Morgan fingerprint density at radius 2 is 1.74 bits per heavy atom. The van der Waals surface area contributed by atoms with E-state index < -0.39 is 4.92 Å². The second-order valence-corrected chi connectivity index (χ2v) is 6.68. The van der Waals surface area contributed by atoms with Crippen LogP contribution in [0.2, 0.25) is 0 Å². The fourth-order valence-corrected chi connectivity index (χ4v) is 3.32. The topological polar surface area (TPSA) is 81.5 Å². The van der Waals surface area contributed by atoms with Gasteiger partial charge < -0.3 is 10.1 Å². The van der Waals surface area contributed by atoms with Crippen LogP contribution in [0.25, 0.3) is 0 Å². The molecule has 0 aliphatic rings. The minimum atomic E-state index is -0.428. The van der Waals surface area contributed by atoms with Crippen LogP contribution in [0.15, 0.2) is 82.6 Å². The van der Waals surface area contributed by atoms with Crippen LogP contribution in [0, 0.1) is 10.1 Å². The van der Waals surface area contributed by atoms with Crippen LogP contribution in [-0.2, 0) is 0 Å². The van der Waals surface area contributed by atoms with Gasteiger partial charge in [-0.05, 0) is 42.5 Å². The van der Waals surface area contributed by atoms with Gasteiger partial charge in [0.15, 0.2) is 0 Å². The highest BCUT2D eigenvalue weighted by Gasteiger charge is 2.12. The van der Waals surface area contributed by atoms with Crippen molar-refractivity contribution in [2.45, 2.75) is 9.79 Å². The molecule has 27 heavy (non-hydrogen) atoms. The normalized spacial score (nSPS) is 10.3. The predicted molar refractivity (Wildman–Crippen MR) is 105 cm³/mol. The van der Waals surface area contributed by atoms with Gasteiger partial charge in [-0.25, -0.2) is 0 Å². The highest BCUT2D eigenvalue weighted by molar-refractivity contribution is 7.99. The first kappa shape index (κ1) is 18.5. The number of amides is 1. The Hall–Kier alpha value is -3.32. The van der Waals surface area contributed by atoms with Crippen LogP contribution in [0.4, 0.5) is 11.4 Å². The second-order valence-electron chi connectivity index (χ2n) is 5.54. The summed E-state index contributed by atoms with van der Waals surface area (Å²) >= 11 is 1.45. The molecule has 0 aromatic heterocycles. The minimum absolute atomic E-state index is 0.0529. The maximum atomic E-state index is 12.5. The van der Waals surface area contributed by atoms with Crippen LogP contribution in [0.1, 0.15) is 10.4 Å². The molecule has 0 aliphatic heterocycles. The van der Waals surface area contributed by atoms with Gasteiger partial charge in [0.2, 0.25) is 0 Å². The van der Waals surface area contributed by atoms with E-state index in [1.165, 1.54) is 31.0 Å². The third-order valence-electron chi connectivity index (χ3n) is 3.73. The van der Waals surface area contributed by atoms with E-state index in [2.05, 4.69) is 5.32 Å². The van der Waals surface area contributed by atoms with Crippen LogP contribution in [-0.4, -0.2) is 17.9 Å². The summed E-state index contributed by atoms with van der Waals surface area (Å²) in [5.41, 5.74) is 1.16. The molecule has 136 valence electrons. The number of non-ortho nitro benzene ring substituents is 1. The molecular formula is C20H16N2O4S. The van der Waals surface area contributed by atoms with Crippen molar-refractivity contribution in [3.05, 3.63) is 88.5 Å². The van der Waals surface area contributed by atoms with Crippen molar-refractivity contribution in [3.8, 4) is 5.75 Å². The largest absolute Gasteiger partial charge is 0.496 e. The van der Waals surface area contributed by atoms with E-state index in [1.807, 2.05) is 18.2 Å². The number of hydrogen-bond acceptors (Lipinski definition) is 5. The summed E-state index contributed by atoms with van der Waals surface area (Å²) in [4.78, 5) is 24.6. The van der Waals surface area contributed by atoms with Gasteiger partial charge in [0.25, 0.3) is 11.6 Å². The molecule has 0 aliphatic carbocycles. The zero-order chi connectivity index (χ0) is 19.2. The quantitative estimate of drug-likeness (QED) is 0.480. The van der Waals surface area contributed by atoms with Gasteiger partial charge in [0.05, 0.1) is 17.6 Å². The number of nitro benzene ring substituents is 1. The van der Waals surface area contributed by atoms with E-state index in [4.69, 9.17) is 4.74 Å². The Bertz CT molecular complexity index is 974. The van der Waals surface area contributed by atoms with Gasteiger partial charge in [-0.3, -0.25) is 14.9 Å². The average Bonchev–Trinajstić information content (AvgIpc) is 2.68. The first-order chi connectivity index (χ1) is 13.1. The van der Waals surface area contributed by atoms with Gasteiger partial charge in [-0.2, -0.15) is 0 Å². The molecule has 0 spiro atoms. The first-order valence-corrected chi connectivity index (χ1v) is 8.85. The van der Waals surface area contributed by atoms with E-state index in [9.17, 15) is 14.9 Å². The molecular weight excluding hydrogens is 364 g/mol. The molecule has 0 saturated heterocycles. The van der Waals surface area contributed by atoms with Crippen molar-refractivity contribution >= 4 is 29.0 Å². The number of methoxy groups -OCH3 is 1. The van der Waals surface area contributed by atoms with Crippen LogP contribution >= 0.6 is 11.8 Å². The van der Waals surface area contributed by atoms with Gasteiger partial charge in [0.1, 0.15) is 5.75 Å². The molecule has 3 rings (SSSR count). The summed E-state index contributed by atoms with van der Waals surface area (Å²) in [6.45, 7) is 0. The smallest absolute Gasteiger partial charge is 0.269 e. The zero-order valence-electron chi connectivity index (χ0n) is 14.4. The van der Waals surface area contributed by atoms with E-state index in [0.717, 1.165) is 9.79 Å². The number of hydrogen-bond donors (Lipinski definition) is 1. The van der Waals surface area contributed by atoms with Gasteiger partial charge in [-0.15, -0.1) is 0 Å². The van der Waals surface area contributed by atoms with E-state index in [1.54, 1.807) is 42.5 Å². The fourth-order valence-electron chi connectivity index (χ4n) is 2.44. The first-order valence-electron chi connectivity index (χ1n) is 8.03. The average molecular weight is 380 g/mol. The molecule has 1 amide bonds. The summed E-state index contributed by atoms with van der Waals surface area (Å²) in [6, 6.07) is 20.7. The monoisotopic (exact) mass is 380 g/mol. The Morgan fingerprint density at radius 1 is 1.00 bits per heavy atom. The number of nitrogens with zero attached hydrogens (tertiary/aromatic N) is 1. The number of benzene rings is 3. The second kappa shape index (κ2) is 8.37. The Kier molecular flexibility index (Phi) is 5.73. The maximum absolute atomic E-state index is 12.5. The molecule has 0 bridgehead atoms. The lowest BCUT2D eigenvalue weighted by molar-refractivity contribution is -0.384. The number of para-hydroxylation sites is 1. The van der Waals surface area contributed by atoms with E-state index in [-0.39, 0.29) is 11.6 Å². The SMILES string of the molecule is COc1ccccc1C(=O)Nc1cccc(Sc2ccc([N+](=O)[O-])cc2)c1. The van der Waals surface area contributed by atoms with Crippen LogP contribution < -0.4 is 10.1 Å². The van der Waals surface area contributed by atoms with Gasteiger partial charge in [0, 0.05) is 27.6 Å². The number of nitro groups is 1. The number of rotatable bonds is 6. The lowest BCUT2D eigenvalue weighted by Gasteiger charge is -2.10. The molecule has 7 heteroatoms. The van der Waals surface area contributed by atoms with Crippen molar-refractivity contribution < 1.29 is 14.5 Å². The van der Waals surface area contributed by atoms with Crippen molar-refractivity contribution in [1.82, 2.24) is 0 Å². The Morgan fingerprint density at radius 3 is 2.44 bits per heavy atom. The van der Waals surface area contributed by atoms with Crippen LogP contribution in [0.5, 0.6) is 5.75 Å². The summed E-state index contributed by atoms with van der Waals surface area (Å²) in [5, 5.41) is 13.6. The summed E-state index contributed by atoms with van der Waals surface area (Å²) in [7, 11) is 1.52. The highest BCUT2D eigenvalue weighted by atomic mass is 32.2. The molecule has 0 heterocycles. The Balaban J connectivity index is 1.73. The zero-order valence-corrected chi connectivity index (χ0v) is 15.2. The lowest BCUT2D eigenvalue weighted by atomic mass is 10.2. The standard InChI is InChI=1S/C20H16N2O4S/c1-26-19-8-3-2-7-18(19)20(23)21-14-5-4-6-17(13-14)27-16-11-9-15(10-12-16)22(24)25/h2-13H,1H3,(H,21,23). The third-order valence-corrected chi connectivity index (χ3v) is 4.72. The number of carbonyl (C=O) groups excluding carboxylic acids is 1. The maximum Gasteiger partial charge on any atom is 0.269 e. The fraction of sp³-hybridized carbons (Fsp3) is 0.0500. The van der Waals surface area contributed by atoms with Gasteiger partial charge in [-0.1, -0.05) is 30.0 Å². The molecule has 6 nitrogen and oxygen atoms in total. The summed E-state index contributed by atoms with van der Waals surface area (Å²) in [5.74, 6) is 0.247. The molecule has 0 radical (unpaired) electrons. The van der Waals surface area contributed by atoms with Gasteiger partial charge >= 0.3 is 0 Å². The highest BCUT2D eigenvalue weighted by Crippen LogP contribution is 2.30. The molecule has 0 fully saturated rings. The van der Waals surface area contributed by atoms with Crippen molar-refractivity contribution in [3.63, 3.8) is 0 Å². The summed E-state index contributed by atoms with van der Waals surface area (Å²) in [6.07, 6.45) is 0. The lowest BCUT2D eigenvalue weighted by Crippen LogP contribution is -2.13. The Labute approximate surface area is 160 Å². The predicted octanol–water partition coefficient (Wildman–Crippen LogP) is 5.01. The van der Waals surface area contributed by atoms with E-state index in [0.29, 0.717) is 17.0 Å². The summed E-state index contributed by atoms with van der Waals surface area (Å²) < 4.78 is 5.22. The molecule has 1 N–H and O–H groups in total. The van der Waals surface area contributed by atoms with Crippen molar-refractivity contribution in [2.24, 2.45) is 0 Å². The van der Waals surface area contributed by atoms with E-state index >= 15 is 0 Å². The van der Waals surface area contributed by atoms with Crippen LogP contribution in [0.3, 0.4) is 0 Å². The molecule has 0 saturated carbocycles. The number of carbonyl (C=O) groups is 1. The molecule has 3 aromatic carbocycles. The third kappa shape index (κ3) is 4.65. The number of anilines is 1. The van der Waals surface area contributed by atoms with Crippen molar-refractivity contribution in [2.75, 3.05) is 12.4 Å². The minimum Gasteiger partial charge on any atom is -0.496 e. The molecule has 3 aromatic rings. The number of ether oxygens (including phenoxy) is 1. The molecule has 0 unspecified atom stereocenters. The number of nitrogens with one attached hydrogen (secondary N) is 1. The van der Waals surface area contributed by atoms with Crippen molar-refractivity contribution in [1.29, 1.82) is 0 Å².